The summed E-state index contributed by atoms with van der Waals surface area (Å²) < 4.78 is 4.98. The molecule has 0 spiro atoms. The van der Waals surface area contributed by atoms with Crippen LogP contribution in [0.2, 0.25) is 5.02 Å². The number of nitrogens with zero attached hydrogens (tertiary/aromatic N) is 1. The van der Waals surface area contributed by atoms with Gasteiger partial charge in [0.25, 0.3) is 5.91 Å². The molecule has 0 aliphatic carbocycles. The number of likely N-dealkylation sites (N-methyl/N-ethyl adjacent to an activating group) is 1. The lowest BCUT2D eigenvalue weighted by atomic mass is 10.1. The van der Waals surface area contributed by atoms with Crippen molar-refractivity contribution < 1.29 is 19.1 Å². The van der Waals surface area contributed by atoms with E-state index in [-0.39, 0.29) is 28.7 Å². The zero-order valence-electron chi connectivity index (χ0n) is 15.9. The Morgan fingerprint density at radius 1 is 1.11 bits per heavy atom. The molecule has 0 saturated carbocycles. The number of anilines is 2. The molecule has 2 rings (SSSR count). The number of halogens is 1. The van der Waals surface area contributed by atoms with Crippen LogP contribution in [0.3, 0.4) is 0 Å². The van der Waals surface area contributed by atoms with Gasteiger partial charge in [-0.3, -0.25) is 9.59 Å². The zero-order valence-corrected chi connectivity index (χ0v) is 16.7. The Balaban J connectivity index is 1.89. The number of rotatable bonds is 6. The Labute approximate surface area is 168 Å². The maximum absolute atomic E-state index is 12.2. The molecule has 7 nitrogen and oxygen atoms in total. The molecular formula is C20H22ClN3O4. The highest BCUT2D eigenvalue weighted by atomic mass is 35.5. The van der Waals surface area contributed by atoms with Crippen molar-refractivity contribution >= 4 is 40.8 Å². The van der Waals surface area contributed by atoms with Crippen LogP contribution in [0, 0.1) is 13.8 Å². The van der Waals surface area contributed by atoms with Crippen molar-refractivity contribution in [2.75, 3.05) is 31.2 Å². The molecule has 0 aliphatic rings. The van der Waals surface area contributed by atoms with Crippen LogP contribution in [-0.2, 0) is 14.3 Å². The number of nitrogens with one attached hydrogen (secondary N) is 1. The summed E-state index contributed by atoms with van der Waals surface area (Å²) in [5.74, 6) is -1.63. The number of hydrogen-bond acceptors (Lipinski definition) is 5. The maximum atomic E-state index is 12.2. The Kier molecular flexibility index (Phi) is 7.00. The van der Waals surface area contributed by atoms with Crippen molar-refractivity contribution in [3.05, 3.63) is 58.1 Å². The van der Waals surface area contributed by atoms with Gasteiger partial charge in [0.05, 0.1) is 22.8 Å². The highest BCUT2D eigenvalue weighted by molar-refractivity contribution is 6.33. The first-order valence-electron chi connectivity index (χ1n) is 8.52. The summed E-state index contributed by atoms with van der Waals surface area (Å²) >= 11 is 5.86. The van der Waals surface area contributed by atoms with Gasteiger partial charge in [-0.25, -0.2) is 4.79 Å². The second-order valence-electron chi connectivity index (χ2n) is 6.34. The highest BCUT2D eigenvalue weighted by Crippen LogP contribution is 2.23. The third-order valence-electron chi connectivity index (χ3n) is 4.15. The average Bonchev–Trinajstić information content (AvgIpc) is 2.64. The summed E-state index contributed by atoms with van der Waals surface area (Å²) in [4.78, 5) is 37.6. The van der Waals surface area contributed by atoms with Crippen molar-refractivity contribution in [3.63, 3.8) is 0 Å². The van der Waals surface area contributed by atoms with Gasteiger partial charge in [0.1, 0.15) is 0 Å². The number of carbonyl (C=O) groups is 3. The van der Waals surface area contributed by atoms with Crippen LogP contribution < -0.4 is 11.1 Å². The molecule has 2 aromatic rings. The van der Waals surface area contributed by atoms with Crippen molar-refractivity contribution in [1.82, 2.24) is 4.90 Å². The fourth-order valence-electron chi connectivity index (χ4n) is 2.52. The predicted molar refractivity (Wildman–Crippen MR) is 108 cm³/mol. The van der Waals surface area contributed by atoms with Crippen LogP contribution in [0.25, 0.3) is 0 Å². The molecule has 148 valence electrons. The summed E-state index contributed by atoms with van der Waals surface area (Å²) in [6.07, 6.45) is 0. The highest BCUT2D eigenvalue weighted by Gasteiger charge is 2.18. The number of nitrogens with two attached hydrogens (primary N) is 1. The van der Waals surface area contributed by atoms with E-state index in [0.717, 1.165) is 16.8 Å². The van der Waals surface area contributed by atoms with Gasteiger partial charge in [0, 0.05) is 12.7 Å². The van der Waals surface area contributed by atoms with Gasteiger partial charge in [-0.05, 0) is 37.1 Å². The summed E-state index contributed by atoms with van der Waals surface area (Å²) in [5.41, 5.74) is 8.47. The molecule has 0 saturated heterocycles. The van der Waals surface area contributed by atoms with Crippen LogP contribution in [0.5, 0.6) is 0 Å². The zero-order chi connectivity index (χ0) is 20.8. The van der Waals surface area contributed by atoms with Gasteiger partial charge >= 0.3 is 5.97 Å². The first-order chi connectivity index (χ1) is 13.2. The molecule has 0 fully saturated rings. The van der Waals surface area contributed by atoms with Crippen molar-refractivity contribution in [1.29, 1.82) is 0 Å². The normalized spacial score (nSPS) is 10.3. The van der Waals surface area contributed by atoms with Crippen molar-refractivity contribution in [2.45, 2.75) is 13.8 Å². The predicted octanol–water partition coefficient (Wildman–Crippen LogP) is 2.79. The number of amides is 2. The summed E-state index contributed by atoms with van der Waals surface area (Å²) in [6, 6.07) is 10.2. The van der Waals surface area contributed by atoms with E-state index in [9.17, 15) is 14.4 Å². The van der Waals surface area contributed by atoms with Gasteiger partial charge in [-0.15, -0.1) is 0 Å². The minimum atomic E-state index is -0.762. The second kappa shape index (κ2) is 9.23. The number of esters is 1. The van der Waals surface area contributed by atoms with Crippen LogP contribution in [-0.4, -0.2) is 42.9 Å². The van der Waals surface area contributed by atoms with Crippen molar-refractivity contribution in [2.24, 2.45) is 0 Å². The van der Waals surface area contributed by atoms with Gasteiger partial charge in [0.2, 0.25) is 5.91 Å². The third-order valence-corrected chi connectivity index (χ3v) is 4.48. The van der Waals surface area contributed by atoms with Gasteiger partial charge in [0.15, 0.2) is 6.61 Å². The Morgan fingerprint density at radius 2 is 1.71 bits per heavy atom. The molecule has 2 aromatic carbocycles. The van der Waals surface area contributed by atoms with Crippen molar-refractivity contribution in [3.8, 4) is 0 Å². The molecule has 0 unspecified atom stereocenters. The standard InChI is InChI=1S/C20H22ClN3O4/c1-12-6-4-7-13(2)19(12)23-16(25)10-24(3)17(26)11-28-20(27)14-8-5-9-15(21)18(14)22/h4-9H,10-11,22H2,1-3H3,(H,23,25). The van der Waals surface area contributed by atoms with Crippen LogP contribution in [0.4, 0.5) is 11.4 Å². The van der Waals surface area contributed by atoms with E-state index < -0.39 is 18.5 Å². The lowest BCUT2D eigenvalue weighted by Gasteiger charge is -2.18. The SMILES string of the molecule is Cc1cccc(C)c1NC(=O)CN(C)C(=O)COC(=O)c1cccc(Cl)c1N. The van der Waals surface area contributed by atoms with Crippen LogP contribution in [0.15, 0.2) is 36.4 Å². The van der Waals surface area contributed by atoms with E-state index in [1.54, 1.807) is 12.1 Å². The molecule has 0 aromatic heterocycles. The largest absolute Gasteiger partial charge is 0.452 e. The van der Waals surface area contributed by atoms with E-state index in [2.05, 4.69) is 5.32 Å². The Hall–Kier alpha value is -3.06. The van der Waals surface area contributed by atoms with E-state index in [1.807, 2.05) is 32.0 Å². The molecule has 2 amide bonds. The lowest BCUT2D eigenvalue weighted by molar-refractivity contribution is -0.136. The van der Waals surface area contributed by atoms with Gasteiger partial charge in [-0.2, -0.15) is 0 Å². The van der Waals surface area contributed by atoms with Gasteiger partial charge < -0.3 is 20.7 Å². The number of benzene rings is 2. The summed E-state index contributed by atoms with van der Waals surface area (Å²) in [7, 11) is 1.45. The minimum absolute atomic E-state index is 0.0794. The van der Waals surface area contributed by atoms with E-state index in [4.69, 9.17) is 22.1 Å². The van der Waals surface area contributed by atoms with E-state index in [1.165, 1.54) is 18.0 Å². The number of carbonyl (C=O) groups excluding carboxylic acids is 3. The molecule has 0 atom stereocenters. The van der Waals surface area contributed by atoms with E-state index in [0.29, 0.717) is 0 Å². The topological polar surface area (TPSA) is 102 Å². The first kappa shape index (κ1) is 21.2. The molecular weight excluding hydrogens is 382 g/mol. The molecule has 0 aliphatic heterocycles. The number of nitrogen functional groups attached to an aromatic ring is 1. The molecule has 8 heteroatoms. The molecule has 0 radical (unpaired) electrons. The number of hydrogen-bond donors (Lipinski definition) is 2. The fraction of sp³-hybridized carbons (Fsp3) is 0.250. The van der Waals surface area contributed by atoms with Crippen LogP contribution in [0.1, 0.15) is 21.5 Å². The smallest absolute Gasteiger partial charge is 0.340 e. The quantitative estimate of drug-likeness (QED) is 0.570. The summed E-state index contributed by atoms with van der Waals surface area (Å²) in [5, 5.41) is 3.02. The minimum Gasteiger partial charge on any atom is -0.452 e. The fourth-order valence-corrected chi connectivity index (χ4v) is 2.70. The molecule has 28 heavy (non-hydrogen) atoms. The third kappa shape index (κ3) is 5.23. The number of para-hydroxylation sites is 2. The molecule has 3 N–H and O–H groups in total. The van der Waals surface area contributed by atoms with Gasteiger partial charge in [-0.1, -0.05) is 35.9 Å². The Bertz CT molecular complexity index is 894. The first-order valence-corrected chi connectivity index (χ1v) is 8.89. The number of aryl methyl sites for hydroxylation is 2. The molecule has 0 bridgehead atoms. The molecule has 0 heterocycles. The van der Waals surface area contributed by atoms with E-state index >= 15 is 0 Å². The average molecular weight is 404 g/mol. The monoisotopic (exact) mass is 403 g/mol. The number of ether oxygens (including phenoxy) is 1. The van der Waals surface area contributed by atoms with Crippen LogP contribution >= 0.6 is 11.6 Å². The Morgan fingerprint density at radius 3 is 2.36 bits per heavy atom. The maximum Gasteiger partial charge on any atom is 0.340 e. The summed E-state index contributed by atoms with van der Waals surface area (Å²) in [6.45, 7) is 3.08. The second-order valence-corrected chi connectivity index (χ2v) is 6.75. The lowest BCUT2D eigenvalue weighted by Crippen LogP contribution is -2.37.